The molecule has 0 saturated carbocycles. The summed E-state index contributed by atoms with van der Waals surface area (Å²) in [6.45, 7) is 1.77. The standard InChI is InChI=1S/C15H13ClN6O2S2/c1-9-6-11(8-18-21-17)22-14(19-9)13(15(20-22)25-2)26(23,24)12-5-3-4-10(16)7-12/h3-7H,8H2,1-2H3. The second-order valence-electron chi connectivity index (χ2n) is 5.31. The number of sulfone groups is 1. The zero-order valence-electron chi connectivity index (χ0n) is 13.8. The molecule has 0 aliphatic rings. The number of hydrogen-bond acceptors (Lipinski definition) is 6. The van der Waals surface area contributed by atoms with E-state index in [0.717, 1.165) is 0 Å². The first-order valence-corrected chi connectivity index (χ1v) is 10.4. The summed E-state index contributed by atoms with van der Waals surface area (Å²) in [4.78, 5) is 7.19. The number of benzene rings is 1. The van der Waals surface area contributed by atoms with Crippen LogP contribution in [0.4, 0.5) is 0 Å². The molecule has 0 amide bonds. The lowest BCUT2D eigenvalue weighted by Crippen LogP contribution is -2.05. The second-order valence-corrected chi connectivity index (χ2v) is 8.43. The normalized spacial score (nSPS) is 11.5. The number of hydrogen-bond donors (Lipinski definition) is 0. The van der Waals surface area contributed by atoms with Crippen molar-refractivity contribution in [2.75, 3.05) is 6.26 Å². The van der Waals surface area contributed by atoms with Crippen molar-refractivity contribution in [2.45, 2.75) is 28.3 Å². The Labute approximate surface area is 158 Å². The first-order chi connectivity index (χ1) is 12.4. The van der Waals surface area contributed by atoms with E-state index in [1.807, 2.05) is 0 Å². The van der Waals surface area contributed by atoms with Gasteiger partial charge in [0.2, 0.25) is 9.84 Å². The van der Waals surface area contributed by atoms with Crippen LogP contribution in [0, 0.1) is 6.92 Å². The Bertz CT molecular complexity index is 1150. The zero-order chi connectivity index (χ0) is 18.9. The SMILES string of the molecule is CSc1nn2c(CN=[N+]=[N-])cc(C)nc2c1S(=O)(=O)c1cccc(Cl)c1. The van der Waals surface area contributed by atoms with Crippen molar-refractivity contribution in [1.29, 1.82) is 0 Å². The van der Waals surface area contributed by atoms with Gasteiger partial charge >= 0.3 is 0 Å². The molecule has 3 aromatic rings. The number of rotatable bonds is 5. The van der Waals surface area contributed by atoms with E-state index in [4.69, 9.17) is 17.1 Å². The third-order valence-electron chi connectivity index (χ3n) is 3.58. The van der Waals surface area contributed by atoms with Gasteiger partial charge in [-0.15, -0.1) is 11.8 Å². The fraction of sp³-hybridized carbons (Fsp3) is 0.200. The highest BCUT2D eigenvalue weighted by Crippen LogP contribution is 2.33. The monoisotopic (exact) mass is 408 g/mol. The van der Waals surface area contributed by atoms with Gasteiger partial charge in [-0.25, -0.2) is 17.9 Å². The van der Waals surface area contributed by atoms with Crippen LogP contribution < -0.4 is 0 Å². The van der Waals surface area contributed by atoms with Crippen LogP contribution in [0.2, 0.25) is 5.02 Å². The van der Waals surface area contributed by atoms with Gasteiger partial charge in [0.1, 0.15) is 5.03 Å². The van der Waals surface area contributed by atoms with Crippen LogP contribution in [0.1, 0.15) is 11.4 Å². The summed E-state index contributed by atoms with van der Waals surface area (Å²) in [6.07, 6.45) is 1.73. The highest BCUT2D eigenvalue weighted by Gasteiger charge is 2.29. The topological polar surface area (TPSA) is 113 Å². The average molecular weight is 409 g/mol. The summed E-state index contributed by atoms with van der Waals surface area (Å²) in [5.74, 6) is 0. The fourth-order valence-electron chi connectivity index (χ4n) is 2.51. The molecule has 0 aliphatic carbocycles. The van der Waals surface area contributed by atoms with E-state index >= 15 is 0 Å². The van der Waals surface area contributed by atoms with Crippen LogP contribution in [0.25, 0.3) is 16.1 Å². The Morgan fingerprint density at radius 3 is 2.81 bits per heavy atom. The quantitative estimate of drug-likeness (QED) is 0.273. The lowest BCUT2D eigenvalue weighted by molar-refractivity contribution is 0.594. The van der Waals surface area contributed by atoms with Crippen LogP contribution in [0.3, 0.4) is 0 Å². The minimum absolute atomic E-state index is 0.0122. The summed E-state index contributed by atoms with van der Waals surface area (Å²) >= 11 is 7.16. The number of halogens is 1. The molecule has 2 heterocycles. The Kier molecular flexibility index (Phi) is 5.10. The molecule has 0 spiro atoms. The summed E-state index contributed by atoms with van der Waals surface area (Å²) in [5.41, 5.74) is 9.91. The number of thioether (sulfide) groups is 1. The molecule has 0 bridgehead atoms. The van der Waals surface area contributed by atoms with Gasteiger partial charge in [0.05, 0.1) is 17.1 Å². The van der Waals surface area contributed by atoms with E-state index in [2.05, 4.69) is 20.1 Å². The minimum atomic E-state index is -3.90. The van der Waals surface area contributed by atoms with Gasteiger partial charge in [-0.05, 0) is 43.0 Å². The third kappa shape index (κ3) is 3.24. The second kappa shape index (κ2) is 7.16. The first kappa shape index (κ1) is 18.5. The summed E-state index contributed by atoms with van der Waals surface area (Å²) < 4.78 is 27.9. The molecule has 0 atom stereocenters. The molecule has 0 fully saturated rings. The molecule has 3 rings (SSSR count). The Balaban J connectivity index is 2.35. The van der Waals surface area contributed by atoms with Crippen molar-refractivity contribution in [2.24, 2.45) is 5.11 Å². The van der Waals surface area contributed by atoms with E-state index in [1.165, 1.54) is 28.4 Å². The number of nitrogens with zero attached hydrogens (tertiary/aromatic N) is 6. The van der Waals surface area contributed by atoms with Crippen molar-refractivity contribution >= 4 is 38.8 Å². The maximum absolute atomic E-state index is 13.2. The van der Waals surface area contributed by atoms with Crippen molar-refractivity contribution in [3.8, 4) is 0 Å². The number of aryl methyl sites for hydroxylation is 1. The predicted molar refractivity (Wildman–Crippen MR) is 99.3 cm³/mol. The number of aromatic nitrogens is 3. The molecule has 2 aromatic heterocycles. The van der Waals surface area contributed by atoms with Crippen molar-refractivity contribution in [3.05, 3.63) is 57.2 Å². The van der Waals surface area contributed by atoms with Gasteiger partial charge in [0, 0.05) is 15.6 Å². The molecule has 134 valence electrons. The van der Waals surface area contributed by atoms with Gasteiger partial charge in [-0.3, -0.25) is 0 Å². The van der Waals surface area contributed by atoms with Gasteiger partial charge in [-0.1, -0.05) is 22.8 Å². The lowest BCUT2D eigenvalue weighted by Gasteiger charge is -2.06. The number of azide groups is 1. The molecule has 8 nitrogen and oxygen atoms in total. The van der Waals surface area contributed by atoms with Crippen molar-refractivity contribution in [1.82, 2.24) is 14.6 Å². The zero-order valence-corrected chi connectivity index (χ0v) is 16.2. The van der Waals surface area contributed by atoms with Gasteiger partial charge in [-0.2, -0.15) is 5.10 Å². The minimum Gasteiger partial charge on any atom is -0.233 e. The molecule has 26 heavy (non-hydrogen) atoms. The summed E-state index contributed by atoms with van der Waals surface area (Å²) in [5, 5.41) is 8.54. The third-order valence-corrected chi connectivity index (χ3v) is 6.41. The largest absolute Gasteiger partial charge is 0.233 e. The molecule has 0 N–H and O–H groups in total. The first-order valence-electron chi connectivity index (χ1n) is 7.33. The van der Waals surface area contributed by atoms with E-state index in [1.54, 1.807) is 31.4 Å². The molecule has 0 radical (unpaired) electrons. The average Bonchev–Trinajstić information content (AvgIpc) is 2.98. The van der Waals surface area contributed by atoms with E-state index in [9.17, 15) is 8.42 Å². The Hall–Kier alpha value is -2.26. The van der Waals surface area contributed by atoms with Crippen LogP contribution >= 0.6 is 23.4 Å². The molecule has 0 aliphatic heterocycles. The Morgan fingerprint density at radius 1 is 1.38 bits per heavy atom. The molecular weight excluding hydrogens is 396 g/mol. The maximum atomic E-state index is 13.2. The maximum Gasteiger partial charge on any atom is 0.213 e. The molecule has 1 aromatic carbocycles. The van der Waals surface area contributed by atoms with Gasteiger partial charge < -0.3 is 0 Å². The van der Waals surface area contributed by atoms with Crippen LogP contribution in [-0.2, 0) is 16.4 Å². The van der Waals surface area contributed by atoms with Crippen molar-refractivity contribution in [3.63, 3.8) is 0 Å². The summed E-state index contributed by atoms with van der Waals surface area (Å²) in [6, 6.07) is 7.75. The molecular formula is C15H13ClN6O2S2. The predicted octanol–water partition coefficient (Wildman–Crippen LogP) is 4.06. The molecule has 0 unspecified atom stereocenters. The fourth-order valence-corrected chi connectivity index (χ4v) is 5.21. The van der Waals surface area contributed by atoms with E-state index in [-0.39, 0.29) is 22.0 Å². The molecule has 11 heteroatoms. The van der Waals surface area contributed by atoms with Crippen LogP contribution in [-0.4, -0.2) is 29.3 Å². The number of fused-ring (bicyclic) bond motifs is 1. The van der Waals surface area contributed by atoms with Gasteiger partial charge in [0.25, 0.3) is 0 Å². The highest BCUT2D eigenvalue weighted by molar-refractivity contribution is 7.99. The Morgan fingerprint density at radius 2 is 2.15 bits per heavy atom. The lowest BCUT2D eigenvalue weighted by atomic mass is 10.3. The van der Waals surface area contributed by atoms with E-state index < -0.39 is 9.84 Å². The van der Waals surface area contributed by atoms with Gasteiger partial charge in [0.15, 0.2) is 10.5 Å². The van der Waals surface area contributed by atoms with Crippen LogP contribution in [0.15, 0.2) is 50.3 Å². The molecule has 0 saturated heterocycles. The smallest absolute Gasteiger partial charge is 0.213 e. The summed E-state index contributed by atoms with van der Waals surface area (Å²) in [7, 11) is -3.90. The van der Waals surface area contributed by atoms with E-state index in [0.29, 0.717) is 21.4 Å². The highest BCUT2D eigenvalue weighted by atomic mass is 35.5. The van der Waals surface area contributed by atoms with Crippen LogP contribution in [0.5, 0.6) is 0 Å². The van der Waals surface area contributed by atoms with Crippen molar-refractivity contribution < 1.29 is 8.42 Å².